The van der Waals surface area contributed by atoms with E-state index in [9.17, 15) is 9.59 Å². The van der Waals surface area contributed by atoms with Gasteiger partial charge in [-0.1, -0.05) is 29.8 Å². The maximum absolute atomic E-state index is 12.2. The first-order valence-electron chi connectivity index (χ1n) is 6.34. The maximum Gasteiger partial charge on any atom is 0.349 e. The highest BCUT2D eigenvalue weighted by molar-refractivity contribution is 9.10. The number of carbonyl (C=O) groups is 1. The van der Waals surface area contributed by atoms with E-state index >= 15 is 0 Å². The lowest BCUT2D eigenvalue weighted by Gasteiger charge is -2.06. The van der Waals surface area contributed by atoms with Gasteiger partial charge in [0.1, 0.15) is 5.56 Å². The standard InChI is InChI=1S/C16H9BrClNO3/c17-13-8-10(18)6-9-7-12(16(21)22-14(9)13)15(20)19-11-4-2-1-3-5-11/h1-8H,(H,19,20). The number of carbonyl (C=O) groups excluding carboxylic acids is 1. The molecule has 0 atom stereocenters. The molecule has 3 aromatic rings. The molecule has 0 saturated heterocycles. The molecular formula is C16H9BrClNO3. The lowest BCUT2D eigenvalue weighted by atomic mass is 10.1. The smallest absolute Gasteiger partial charge is 0.349 e. The van der Waals surface area contributed by atoms with E-state index in [0.717, 1.165) is 0 Å². The highest BCUT2D eigenvalue weighted by Crippen LogP contribution is 2.27. The van der Waals surface area contributed by atoms with E-state index in [0.29, 0.717) is 26.2 Å². The molecule has 0 aliphatic carbocycles. The number of halogens is 2. The zero-order chi connectivity index (χ0) is 15.7. The Morgan fingerprint density at radius 2 is 1.86 bits per heavy atom. The fourth-order valence-corrected chi connectivity index (χ4v) is 2.95. The molecule has 0 spiro atoms. The Kier molecular flexibility index (Phi) is 4.00. The van der Waals surface area contributed by atoms with Gasteiger partial charge in [0.25, 0.3) is 5.91 Å². The summed E-state index contributed by atoms with van der Waals surface area (Å²) in [6.45, 7) is 0. The zero-order valence-corrected chi connectivity index (χ0v) is 13.4. The molecule has 0 unspecified atom stereocenters. The summed E-state index contributed by atoms with van der Waals surface area (Å²) < 4.78 is 5.77. The normalized spacial score (nSPS) is 10.6. The number of benzene rings is 2. The van der Waals surface area contributed by atoms with Crippen molar-refractivity contribution in [2.75, 3.05) is 5.32 Å². The number of amides is 1. The van der Waals surface area contributed by atoms with Crippen LogP contribution in [-0.2, 0) is 0 Å². The molecule has 3 rings (SSSR count). The van der Waals surface area contributed by atoms with Crippen LogP contribution in [0.2, 0.25) is 5.02 Å². The van der Waals surface area contributed by atoms with Gasteiger partial charge in [0.15, 0.2) is 5.58 Å². The Balaban J connectivity index is 2.05. The van der Waals surface area contributed by atoms with Crippen molar-refractivity contribution in [3.8, 4) is 0 Å². The fourth-order valence-electron chi connectivity index (χ4n) is 2.04. The Morgan fingerprint density at radius 3 is 2.59 bits per heavy atom. The molecule has 22 heavy (non-hydrogen) atoms. The molecule has 0 fully saturated rings. The first-order valence-corrected chi connectivity index (χ1v) is 7.51. The lowest BCUT2D eigenvalue weighted by Crippen LogP contribution is -2.20. The quantitative estimate of drug-likeness (QED) is 0.670. The van der Waals surface area contributed by atoms with Crippen molar-refractivity contribution in [3.63, 3.8) is 0 Å². The molecule has 0 radical (unpaired) electrons. The van der Waals surface area contributed by atoms with E-state index in [1.54, 1.807) is 36.4 Å². The summed E-state index contributed by atoms with van der Waals surface area (Å²) in [6.07, 6.45) is 0. The largest absolute Gasteiger partial charge is 0.421 e. The van der Waals surface area contributed by atoms with Crippen LogP contribution in [0.3, 0.4) is 0 Å². The van der Waals surface area contributed by atoms with Crippen LogP contribution >= 0.6 is 27.5 Å². The number of anilines is 1. The van der Waals surface area contributed by atoms with Crippen LogP contribution in [-0.4, -0.2) is 5.91 Å². The van der Waals surface area contributed by atoms with Crippen LogP contribution in [0.4, 0.5) is 5.69 Å². The molecule has 0 aliphatic rings. The Labute approximate surface area is 138 Å². The molecule has 1 amide bonds. The summed E-state index contributed by atoms with van der Waals surface area (Å²) in [5.74, 6) is -0.530. The van der Waals surface area contributed by atoms with Crippen LogP contribution < -0.4 is 10.9 Å². The van der Waals surface area contributed by atoms with Gasteiger partial charge in [-0.15, -0.1) is 0 Å². The van der Waals surface area contributed by atoms with Crippen molar-refractivity contribution in [2.24, 2.45) is 0 Å². The number of hydrogen-bond acceptors (Lipinski definition) is 3. The van der Waals surface area contributed by atoms with Gasteiger partial charge in [-0.3, -0.25) is 4.79 Å². The van der Waals surface area contributed by atoms with Crippen LogP contribution in [0.1, 0.15) is 10.4 Å². The van der Waals surface area contributed by atoms with Gasteiger partial charge in [-0.25, -0.2) is 4.79 Å². The Hall–Kier alpha value is -2.11. The summed E-state index contributed by atoms with van der Waals surface area (Å²) in [7, 11) is 0. The number of hydrogen-bond donors (Lipinski definition) is 1. The SMILES string of the molecule is O=C(Nc1ccccc1)c1cc2cc(Cl)cc(Br)c2oc1=O. The third-order valence-electron chi connectivity index (χ3n) is 3.03. The summed E-state index contributed by atoms with van der Waals surface area (Å²) in [5, 5.41) is 3.69. The molecule has 0 bridgehead atoms. The number of rotatable bonds is 2. The zero-order valence-electron chi connectivity index (χ0n) is 11.1. The van der Waals surface area contributed by atoms with Gasteiger partial charge >= 0.3 is 5.63 Å². The van der Waals surface area contributed by atoms with Gasteiger partial charge in [-0.05, 0) is 46.3 Å². The van der Waals surface area contributed by atoms with Crippen molar-refractivity contribution in [2.45, 2.75) is 0 Å². The molecule has 6 heteroatoms. The van der Waals surface area contributed by atoms with E-state index in [2.05, 4.69) is 21.2 Å². The van der Waals surface area contributed by atoms with E-state index in [4.69, 9.17) is 16.0 Å². The number of para-hydroxylation sites is 1. The van der Waals surface area contributed by atoms with E-state index in [1.165, 1.54) is 6.07 Å². The van der Waals surface area contributed by atoms with Crippen LogP contribution in [0, 0.1) is 0 Å². The van der Waals surface area contributed by atoms with Gasteiger partial charge < -0.3 is 9.73 Å². The second-order valence-corrected chi connectivity index (χ2v) is 5.86. The predicted molar refractivity (Wildman–Crippen MR) is 89.6 cm³/mol. The molecule has 4 nitrogen and oxygen atoms in total. The third kappa shape index (κ3) is 2.91. The summed E-state index contributed by atoms with van der Waals surface area (Å²) >= 11 is 9.25. The summed E-state index contributed by atoms with van der Waals surface area (Å²) in [6, 6.07) is 13.6. The first kappa shape index (κ1) is 14.8. The average Bonchev–Trinajstić information content (AvgIpc) is 2.48. The molecule has 0 saturated carbocycles. The van der Waals surface area contributed by atoms with E-state index in [-0.39, 0.29) is 5.56 Å². The minimum Gasteiger partial charge on any atom is -0.421 e. The molecule has 1 N–H and O–H groups in total. The third-order valence-corrected chi connectivity index (χ3v) is 3.84. The topological polar surface area (TPSA) is 59.3 Å². The molecule has 1 aromatic heterocycles. The Morgan fingerprint density at radius 1 is 1.14 bits per heavy atom. The number of fused-ring (bicyclic) bond motifs is 1. The second kappa shape index (κ2) is 5.94. The molecule has 110 valence electrons. The maximum atomic E-state index is 12.2. The van der Waals surface area contributed by atoms with E-state index in [1.807, 2.05) is 6.07 Å². The first-order chi connectivity index (χ1) is 10.5. The molecule has 2 aromatic carbocycles. The van der Waals surface area contributed by atoms with Crippen LogP contribution in [0.5, 0.6) is 0 Å². The monoisotopic (exact) mass is 377 g/mol. The van der Waals surface area contributed by atoms with Gasteiger partial charge in [0, 0.05) is 16.1 Å². The average molecular weight is 379 g/mol. The van der Waals surface area contributed by atoms with Crippen molar-refractivity contribution in [1.82, 2.24) is 0 Å². The summed E-state index contributed by atoms with van der Waals surface area (Å²) in [4.78, 5) is 24.3. The second-order valence-electron chi connectivity index (χ2n) is 4.57. The highest BCUT2D eigenvalue weighted by atomic mass is 79.9. The van der Waals surface area contributed by atoms with Crippen LogP contribution in [0.15, 0.2) is 62.2 Å². The molecule has 1 heterocycles. The minimum atomic E-state index is -0.705. The fraction of sp³-hybridized carbons (Fsp3) is 0. The van der Waals surface area contributed by atoms with Gasteiger partial charge in [0.2, 0.25) is 0 Å². The van der Waals surface area contributed by atoms with Crippen molar-refractivity contribution in [1.29, 1.82) is 0 Å². The van der Waals surface area contributed by atoms with Crippen molar-refractivity contribution < 1.29 is 9.21 Å². The van der Waals surface area contributed by atoms with Gasteiger partial charge in [0.05, 0.1) is 4.47 Å². The highest BCUT2D eigenvalue weighted by Gasteiger charge is 2.15. The van der Waals surface area contributed by atoms with Gasteiger partial charge in [-0.2, -0.15) is 0 Å². The Bertz CT molecular complexity index is 922. The summed E-state index contributed by atoms with van der Waals surface area (Å²) in [5.41, 5.74) is 0.166. The van der Waals surface area contributed by atoms with E-state index < -0.39 is 11.5 Å². The van der Waals surface area contributed by atoms with Crippen LogP contribution in [0.25, 0.3) is 11.0 Å². The lowest BCUT2D eigenvalue weighted by molar-refractivity contribution is 0.102. The molecule has 0 aliphatic heterocycles. The minimum absolute atomic E-state index is 0.0782. The van der Waals surface area contributed by atoms with Crippen molar-refractivity contribution in [3.05, 3.63) is 74.0 Å². The van der Waals surface area contributed by atoms with Crippen molar-refractivity contribution >= 4 is 50.1 Å². The number of nitrogens with one attached hydrogen (secondary N) is 1. The molecular weight excluding hydrogens is 370 g/mol. The predicted octanol–water partition coefficient (Wildman–Crippen LogP) is 4.46.